The maximum Gasteiger partial charge on any atom is 0.253 e. The van der Waals surface area contributed by atoms with E-state index in [0.717, 1.165) is 0 Å². The number of aromatic nitrogens is 1. The van der Waals surface area contributed by atoms with Gasteiger partial charge in [0.2, 0.25) is 0 Å². The Morgan fingerprint density at radius 2 is 2.17 bits per heavy atom. The minimum absolute atomic E-state index is 0.0611. The Morgan fingerprint density at radius 3 is 2.83 bits per heavy atom. The smallest absolute Gasteiger partial charge is 0.253 e. The van der Waals surface area contributed by atoms with Crippen LogP contribution in [0.5, 0.6) is 0 Å². The summed E-state index contributed by atoms with van der Waals surface area (Å²) in [5.74, 6) is -0.661. The first-order valence-electron chi connectivity index (χ1n) is 7.38. The summed E-state index contributed by atoms with van der Waals surface area (Å²) in [5.41, 5.74) is 0.771. The monoisotopic (exact) mass is 320 g/mol. The van der Waals surface area contributed by atoms with Gasteiger partial charge >= 0.3 is 0 Å². The van der Waals surface area contributed by atoms with E-state index in [-0.39, 0.29) is 24.9 Å². The average Bonchev–Trinajstić information content (AvgIpc) is 2.46. The number of hydrogen-bond donors (Lipinski definition) is 2. The largest absolute Gasteiger partial charge is 0.396 e. The lowest BCUT2D eigenvalue weighted by atomic mass is 9.98. The van der Waals surface area contributed by atoms with Gasteiger partial charge < -0.3 is 15.2 Å². The molecular formula is C17H21FN2O3. The number of carbonyl (C=O) groups excluding carboxylic acids is 1. The highest BCUT2D eigenvalue weighted by Crippen LogP contribution is 2.19. The number of methoxy groups -OCH3 is 1. The first-order chi connectivity index (χ1) is 10.9. The van der Waals surface area contributed by atoms with Crippen LogP contribution in [0, 0.1) is 12.7 Å². The molecule has 0 aliphatic carbocycles. The van der Waals surface area contributed by atoms with Crippen molar-refractivity contribution in [2.75, 3.05) is 20.3 Å². The quantitative estimate of drug-likeness (QED) is 0.856. The summed E-state index contributed by atoms with van der Waals surface area (Å²) in [5, 5.41) is 12.8. The first-order valence-corrected chi connectivity index (χ1v) is 7.38. The predicted molar refractivity (Wildman–Crippen MR) is 85.9 cm³/mol. The Balaban J connectivity index is 2.33. The molecule has 1 aromatic carbocycles. The fourth-order valence-corrected chi connectivity index (χ4v) is 2.54. The molecule has 0 aliphatic heterocycles. The summed E-state index contributed by atoms with van der Waals surface area (Å²) in [4.78, 5) is 16.9. The molecule has 0 saturated heterocycles. The number of hydrogen-bond acceptors (Lipinski definition) is 4. The number of ether oxygens (including phenoxy) is 1. The predicted octanol–water partition coefficient (Wildman–Crippen LogP) is 2.20. The van der Waals surface area contributed by atoms with Crippen molar-refractivity contribution >= 4 is 16.8 Å². The molecule has 0 bridgehead atoms. The SMILES string of the molecule is COCC(C)(CCO)NC(=O)c1cc2ccc(F)cc2nc1C. The average molecular weight is 320 g/mol. The minimum atomic E-state index is -0.676. The van der Waals surface area contributed by atoms with Gasteiger partial charge in [-0.15, -0.1) is 0 Å². The third-order valence-electron chi connectivity index (χ3n) is 3.76. The van der Waals surface area contributed by atoms with Crippen molar-refractivity contribution in [1.29, 1.82) is 0 Å². The van der Waals surface area contributed by atoms with Crippen LogP contribution >= 0.6 is 0 Å². The van der Waals surface area contributed by atoms with Crippen LogP contribution in [0.3, 0.4) is 0 Å². The van der Waals surface area contributed by atoms with Crippen LogP contribution in [0.4, 0.5) is 4.39 Å². The molecule has 2 rings (SSSR count). The fraction of sp³-hybridized carbons (Fsp3) is 0.412. The Morgan fingerprint density at radius 1 is 1.43 bits per heavy atom. The Kier molecular flexibility index (Phi) is 5.28. The number of nitrogens with zero attached hydrogens (tertiary/aromatic N) is 1. The Bertz CT molecular complexity index is 712. The van der Waals surface area contributed by atoms with E-state index in [1.807, 2.05) is 6.92 Å². The molecule has 1 unspecified atom stereocenters. The molecule has 5 nitrogen and oxygen atoms in total. The van der Waals surface area contributed by atoms with Crippen molar-refractivity contribution in [3.05, 3.63) is 41.3 Å². The minimum Gasteiger partial charge on any atom is -0.396 e. The summed E-state index contributed by atoms with van der Waals surface area (Å²) >= 11 is 0. The molecule has 1 amide bonds. The summed E-state index contributed by atoms with van der Waals surface area (Å²) in [7, 11) is 1.54. The van der Waals surface area contributed by atoms with E-state index in [9.17, 15) is 14.3 Å². The molecule has 0 fully saturated rings. The van der Waals surface area contributed by atoms with Crippen LogP contribution < -0.4 is 5.32 Å². The molecule has 1 aromatic heterocycles. The third-order valence-corrected chi connectivity index (χ3v) is 3.76. The second-order valence-corrected chi connectivity index (χ2v) is 5.88. The molecule has 2 aromatic rings. The highest BCUT2D eigenvalue weighted by Gasteiger charge is 2.27. The molecule has 0 radical (unpaired) electrons. The Hall–Kier alpha value is -2.05. The lowest BCUT2D eigenvalue weighted by molar-refractivity contribution is 0.0725. The Labute approximate surface area is 134 Å². The van der Waals surface area contributed by atoms with E-state index in [1.165, 1.54) is 12.1 Å². The van der Waals surface area contributed by atoms with Crippen LogP contribution in [0.15, 0.2) is 24.3 Å². The second-order valence-electron chi connectivity index (χ2n) is 5.88. The normalized spacial score (nSPS) is 13.8. The zero-order valence-corrected chi connectivity index (χ0v) is 13.5. The molecule has 23 heavy (non-hydrogen) atoms. The molecule has 1 atom stereocenters. The van der Waals surface area contributed by atoms with Gasteiger partial charge in [0.15, 0.2) is 0 Å². The maximum absolute atomic E-state index is 13.3. The fourth-order valence-electron chi connectivity index (χ4n) is 2.54. The number of rotatable bonds is 6. The summed E-state index contributed by atoms with van der Waals surface area (Å²) in [6.07, 6.45) is 0.373. The van der Waals surface area contributed by atoms with Crippen LogP contribution in [0.1, 0.15) is 29.4 Å². The van der Waals surface area contributed by atoms with Crippen LogP contribution in [-0.2, 0) is 4.74 Å². The van der Waals surface area contributed by atoms with Gasteiger partial charge in [-0.05, 0) is 38.5 Å². The van der Waals surface area contributed by atoms with Gasteiger partial charge in [-0.2, -0.15) is 0 Å². The molecule has 0 saturated carbocycles. The van der Waals surface area contributed by atoms with E-state index in [4.69, 9.17) is 4.74 Å². The molecule has 0 spiro atoms. The second kappa shape index (κ2) is 7.02. The van der Waals surface area contributed by atoms with Gasteiger partial charge in [0.1, 0.15) is 5.82 Å². The van der Waals surface area contributed by atoms with Crippen molar-refractivity contribution in [2.45, 2.75) is 25.8 Å². The lowest BCUT2D eigenvalue weighted by Gasteiger charge is -2.29. The van der Waals surface area contributed by atoms with Gasteiger partial charge in [0.05, 0.1) is 28.9 Å². The van der Waals surface area contributed by atoms with Gasteiger partial charge in [-0.25, -0.2) is 4.39 Å². The summed E-state index contributed by atoms with van der Waals surface area (Å²) in [6.45, 7) is 3.74. The van der Waals surface area contributed by atoms with E-state index in [2.05, 4.69) is 10.3 Å². The first kappa shape index (κ1) is 17.3. The van der Waals surface area contributed by atoms with E-state index < -0.39 is 5.54 Å². The number of halogens is 1. The summed E-state index contributed by atoms with van der Waals surface area (Å²) in [6, 6.07) is 5.96. The van der Waals surface area contributed by atoms with Crippen LogP contribution in [0.2, 0.25) is 0 Å². The van der Waals surface area contributed by atoms with E-state index >= 15 is 0 Å². The molecule has 1 heterocycles. The highest BCUT2D eigenvalue weighted by atomic mass is 19.1. The zero-order valence-electron chi connectivity index (χ0n) is 13.5. The van der Waals surface area contributed by atoms with Gasteiger partial charge in [-0.3, -0.25) is 9.78 Å². The van der Waals surface area contributed by atoms with Crippen molar-refractivity contribution in [3.63, 3.8) is 0 Å². The van der Waals surface area contributed by atoms with Crippen LogP contribution in [0.25, 0.3) is 10.9 Å². The summed E-state index contributed by atoms with van der Waals surface area (Å²) < 4.78 is 18.4. The number of aryl methyl sites for hydroxylation is 1. The van der Waals surface area contributed by atoms with Gasteiger partial charge in [-0.1, -0.05) is 0 Å². The third kappa shape index (κ3) is 4.03. The molecule has 0 aliphatic rings. The van der Waals surface area contributed by atoms with Gasteiger partial charge in [0, 0.05) is 25.2 Å². The highest BCUT2D eigenvalue weighted by molar-refractivity contribution is 5.99. The van der Waals surface area contributed by atoms with E-state index in [0.29, 0.717) is 28.6 Å². The maximum atomic E-state index is 13.3. The zero-order chi connectivity index (χ0) is 17.0. The molecule has 2 N–H and O–H groups in total. The number of nitrogens with one attached hydrogen (secondary N) is 1. The van der Waals surface area contributed by atoms with Crippen molar-refractivity contribution in [1.82, 2.24) is 10.3 Å². The molecule has 6 heteroatoms. The number of aliphatic hydroxyl groups is 1. The standard InChI is InChI=1S/C17H21FN2O3/c1-11-14(8-12-4-5-13(18)9-15(12)19-11)16(22)20-17(2,6-7-21)10-23-3/h4-5,8-9,21H,6-7,10H2,1-3H3,(H,20,22). The number of amides is 1. The lowest BCUT2D eigenvalue weighted by Crippen LogP contribution is -2.50. The number of aliphatic hydroxyl groups excluding tert-OH is 1. The molecular weight excluding hydrogens is 299 g/mol. The topological polar surface area (TPSA) is 71.5 Å². The van der Waals surface area contributed by atoms with Crippen LogP contribution in [-0.4, -0.2) is 41.9 Å². The number of benzene rings is 1. The van der Waals surface area contributed by atoms with Crippen molar-refractivity contribution in [3.8, 4) is 0 Å². The number of carbonyl (C=O) groups is 1. The molecule has 124 valence electrons. The number of pyridine rings is 1. The van der Waals surface area contributed by atoms with E-state index in [1.54, 1.807) is 26.2 Å². The van der Waals surface area contributed by atoms with Crippen molar-refractivity contribution < 1.29 is 19.0 Å². The van der Waals surface area contributed by atoms with Crippen molar-refractivity contribution in [2.24, 2.45) is 0 Å². The van der Waals surface area contributed by atoms with Gasteiger partial charge in [0.25, 0.3) is 5.91 Å². The number of fused-ring (bicyclic) bond motifs is 1.